The average Bonchev–Trinajstić information content (AvgIpc) is 3.07. The van der Waals surface area contributed by atoms with Crippen molar-refractivity contribution in [1.82, 2.24) is 14.9 Å². The molecular formula is C20H23N7OS. The second-order valence-corrected chi connectivity index (χ2v) is 7.43. The number of hydrogen-bond acceptors (Lipinski definition) is 7. The van der Waals surface area contributed by atoms with E-state index < -0.39 is 0 Å². The maximum Gasteiger partial charge on any atom is 0.264 e. The summed E-state index contributed by atoms with van der Waals surface area (Å²) in [6.45, 7) is 5.92. The van der Waals surface area contributed by atoms with Gasteiger partial charge in [0, 0.05) is 5.69 Å². The standard InChI is InChI=1S/C20H23N7OS/c1-13-9-10-17(11-14(13)2)22-18(28)12-29-20-26-25-19(27(20)21)24-23-15(3)16-7-5-4-6-8-16/h4-11H,12,21H2,1-3H3,(H,22,28)(H,24,25)/b23-15+. The minimum atomic E-state index is -0.145. The van der Waals surface area contributed by atoms with Gasteiger partial charge in [0.1, 0.15) is 0 Å². The summed E-state index contributed by atoms with van der Waals surface area (Å²) >= 11 is 1.20. The first kappa shape index (κ1) is 20.4. The molecule has 3 rings (SSSR count). The third-order valence-corrected chi connectivity index (χ3v) is 5.25. The molecule has 0 spiro atoms. The molecule has 0 bridgehead atoms. The average molecular weight is 410 g/mol. The molecule has 2 aromatic carbocycles. The van der Waals surface area contributed by atoms with E-state index in [0.29, 0.717) is 5.16 Å². The van der Waals surface area contributed by atoms with Gasteiger partial charge in [0.2, 0.25) is 11.1 Å². The van der Waals surface area contributed by atoms with Crippen molar-refractivity contribution in [3.8, 4) is 0 Å². The quantitative estimate of drug-likeness (QED) is 0.239. The number of nitrogen functional groups attached to an aromatic ring is 1. The van der Waals surface area contributed by atoms with E-state index in [1.54, 1.807) is 0 Å². The summed E-state index contributed by atoms with van der Waals surface area (Å²) in [6, 6.07) is 15.6. The van der Waals surface area contributed by atoms with Crippen LogP contribution >= 0.6 is 11.8 Å². The number of aryl methyl sites for hydroxylation is 2. The number of nitrogens with zero attached hydrogens (tertiary/aromatic N) is 4. The fraction of sp³-hybridized carbons (Fsp3) is 0.200. The topological polar surface area (TPSA) is 110 Å². The first-order chi connectivity index (χ1) is 13.9. The molecule has 0 saturated heterocycles. The molecule has 8 nitrogen and oxygen atoms in total. The number of hydrazone groups is 1. The molecule has 0 aliphatic rings. The lowest BCUT2D eigenvalue weighted by Crippen LogP contribution is -2.17. The molecule has 1 amide bonds. The molecule has 0 aliphatic heterocycles. The highest BCUT2D eigenvalue weighted by Gasteiger charge is 2.12. The Balaban J connectivity index is 1.56. The van der Waals surface area contributed by atoms with Gasteiger partial charge in [-0.15, -0.1) is 10.2 Å². The van der Waals surface area contributed by atoms with Crippen molar-refractivity contribution in [2.45, 2.75) is 25.9 Å². The fourth-order valence-corrected chi connectivity index (χ4v) is 3.13. The van der Waals surface area contributed by atoms with E-state index in [1.807, 2.05) is 69.3 Å². The minimum Gasteiger partial charge on any atom is -0.334 e. The first-order valence-corrected chi connectivity index (χ1v) is 9.98. The lowest BCUT2D eigenvalue weighted by molar-refractivity contribution is -0.113. The predicted molar refractivity (Wildman–Crippen MR) is 118 cm³/mol. The monoisotopic (exact) mass is 409 g/mol. The molecule has 0 atom stereocenters. The van der Waals surface area contributed by atoms with E-state index >= 15 is 0 Å². The Bertz CT molecular complexity index is 1030. The summed E-state index contributed by atoms with van der Waals surface area (Å²) in [5.74, 6) is 6.32. The van der Waals surface area contributed by atoms with Crippen molar-refractivity contribution in [3.63, 3.8) is 0 Å². The van der Waals surface area contributed by atoms with Crippen LogP contribution in [-0.2, 0) is 4.79 Å². The predicted octanol–water partition coefficient (Wildman–Crippen LogP) is 3.18. The van der Waals surface area contributed by atoms with Gasteiger partial charge in [0.15, 0.2) is 0 Å². The van der Waals surface area contributed by atoms with Crippen LogP contribution in [0.25, 0.3) is 0 Å². The highest BCUT2D eigenvalue weighted by Crippen LogP contribution is 2.18. The van der Waals surface area contributed by atoms with Gasteiger partial charge in [-0.3, -0.25) is 4.79 Å². The Morgan fingerprint density at radius 1 is 1.14 bits per heavy atom. The van der Waals surface area contributed by atoms with E-state index in [0.717, 1.165) is 22.5 Å². The third kappa shape index (κ3) is 5.35. The molecule has 0 unspecified atom stereocenters. The number of anilines is 2. The van der Waals surface area contributed by atoms with Crippen molar-refractivity contribution < 1.29 is 4.79 Å². The summed E-state index contributed by atoms with van der Waals surface area (Å²) < 4.78 is 1.27. The molecule has 9 heteroatoms. The Morgan fingerprint density at radius 3 is 2.62 bits per heavy atom. The maximum absolute atomic E-state index is 12.2. The zero-order valence-corrected chi connectivity index (χ0v) is 17.3. The van der Waals surface area contributed by atoms with Crippen LogP contribution < -0.4 is 16.6 Å². The molecule has 3 aromatic rings. The smallest absolute Gasteiger partial charge is 0.264 e. The lowest BCUT2D eigenvalue weighted by atomic mass is 10.1. The second kappa shape index (κ2) is 9.24. The molecule has 0 saturated carbocycles. The third-order valence-electron chi connectivity index (χ3n) is 4.30. The van der Waals surface area contributed by atoms with Crippen LogP contribution in [0.15, 0.2) is 58.8 Å². The molecule has 0 aliphatic carbocycles. The van der Waals surface area contributed by atoms with E-state index in [9.17, 15) is 4.79 Å². The second-order valence-electron chi connectivity index (χ2n) is 6.49. The Hall–Kier alpha value is -3.33. The van der Waals surface area contributed by atoms with Gasteiger partial charge in [-0.1, -0.05) is 48.2 Å². The molecule has 4 N–H and O–H groups in total. The highest BCUT2D eigenvalue weighted by atomic mass is 32.2. The number of hydrogen-bond donors (Lipinski definition) is 3. The number of nitrogens with one attached hydrogen (secondary N) is 2. The zero-order valence-electron chi connectivity index (χ0n) is 16.5. The van der Waals surface area contributed by atoms with E-state index in [1.165, 1.54) is 22.0 Å². The molecule has 0 radical (unpaired) electrons. The van der Waals surface area contributed by atoms with Crippen LogP contribution in [0.4, 0.5) is 11.6 Å². The van der Waals surface area contributed by atoms with Gasteiger partial charge in [-0.2, -0.15) is 5.10 Å². The summed E-state index contributed by atoms with van der Waals surface area (Å²) in [5, 5.41) is 15.6. The molecule has 0 fully saturated rings. The Kier molecular flexibility index (Phi) is 6.50. The van der Waals surface area contributed by atoms with E-state index in [2.05, 4.69) is 26.0 Å². The van der Waals surface area contributed by atoms with Crippen LogP contribution in [-0.4, -0.2) is 32.2 Å². The van der Waals surface area contributed by atoms with Crippen LogP contribution in [0, 0.1) is 13.8 Å². The van der Waals surface area contributed by atoms with Gasteiger partial charge < -0.3 is 11.2 Å². The molecular weight excluding hydrogens is 386 g/mol. The molecule has 1 aromatic heterocycles. The lowest BCUT2D eigenvalue weighted by Gasteiger charge is -2.07. The number of thioether (sulfide) groups is 1. The highest BCUT2D eigenvalue weighted by molar-refractivity contribution is 7.99. The fourth-order valence-electron chi connectivity index (χ4n) is 2.48. The number of aromatic nitrogens is 3. The van der Waals surface area contributed by atoms with Crippen molar-refractivity contribution in [3.05, 3.63) is 65.2 Å². The van der Waals surface area contributed by atoms with Gasteiger partial charge in [0.25, 0.3) is 5.95 Å². The minimum absolute atomic E-state index is 0.145. The van der Waals surface area contributed by atoms with Gasteiger partial charge in [0.05, 0.1) is 11.5 Å². The number of amides is 1. The normalized spacial score (nSPS) is 11.3. The van der Waals surface area contributed by atoms with Gasteiger partial charge in [-0.05, 0) is 49.6 Å². The van der Waals surface area contributed by atoms with Crippen LogP contribution in [0.3, 0.4) is 0 Å². The summed E-state index contributed by atoms with van der Waals surface area (Å²) in [5.41, 5.74) is 7.65. The van der Waals surface area contributed by atoms with Crippen LogP contribution in [0.1, 0.15) is 23.6 Å². The number of carbonyl (C=O) groups excluding carboxylic acids is 1. The molecule has 1 heterocycles. The number of carbonyl (C=O) groups is 1. The van der Waals surface area contributed by atoms with Gasteiger partial charge >= 0.3 is 0 Å². The molecule has 150 valence electrons. The van der Waals surface area contributed by atoms with Crippen LogP contribution in [0.5, 0.6) is 0 Å². The Morgan fingerprint density at radius 2 is 1.90 bits per heavy atom. The zero-order chi connectivity index (χ0) is 20.8. The summed E-state index contributed by atoms with van der Waals surface area (Å²) in [7, 11) is 0. The number of benzene rings is 2. The van der Waals surface area contributed by atoms with Crippen molar-refractivity contribution >= 4 is 35.0 Å². The number of nitrogens with two attached hydrogens (primary N) is 1. The number of rotatable bonds is 7. The summed E-state index contributed by atoms with van der Waals surface area (Å²) in [4.78, 5) is 12.2. The Labute approximate surface area is 173 Å². The van der Waals surface area contributed by atoms with Crippen molar-refractivity contribution in [1.29, 1.82) is 0 Å². The first-order valence-electron chi connectivity index (χ1n) is 9.00. The van der Waals surface area contributed by atoms with E-state index in [-0.39, 0.29) is 17.6 Å². The molecule has 29 heavy (non-hydrogen) atoms. The maximum atomic E-state index is 12.2. The van der Waals surface area contributed by atoms with Crippen molar-refractivity contribution in [2.24, 2.45) is 5.10 Å². The van der Waals surface area contributed by atoms with E-state index in [4.69, 9.17) is 5.84 Å². The SMILES string of the molecule is C/C(=N\Nc1nnc(SCC(=O)Nc2ccc(C)c(C)c2)n1N)c1ccccc1. The van der Waals surface area contributed by atoms with Crippen LogP contribution in [0.2, 0.25) is 0 Å². The van der Waals surface area contributed by atoms with Crippen molar-refractivity contribution in [2.75, 3.05) is 22.3 Å². The van der Waals surface area contributed by atoms with Gasteiger partial charge in [-0.25, -0.2) is 10.1 Å². The summed E-state index contributed by atoms with van der Waals surface area (Å²) in [6.07, 6.45) is 0. The largest absolute Gasteiger partial charge is 0.334 e.